The molecule has 1 N–H and O–H groups in total. The number of rotatable bonds is 6. The summed E-state index contributed by atoms with van der Waals surface area (Å²) in [6.07, 6.45) is 3.56. The van der Waals surface area contributed by atoms with Crippen molar-refractivity contribution in [3.8, 4) is 5.75 Å². The monoisotopic (exact) mass is 276 g/mol. The van der Waals surface area contributed by atoms with Gasteiger partial charge in [0.15, 0.2) is 0 Å². The summed E-state index contributed by atoms with van der Waals surface area (Å²) in [6.45, 7) is 4.24. The third-order valence-electron chi connectivity index (χ3n) is 2.71. The molecule has 2 aromatic rings. The van der Waals surface area contributed by atoms with Crippen LogP contribution in [0.15, 0.2) is 42.7 Å². The Kier molecular flexibility index (Phi) is 5.19. The maximum absolute atomic E-state index is 6.02. The predicted molar refractivity (Wildman–Crippen MR) is 77.4 cm³/mol. The van der Waals surface area contributed by atoms with Crippen LogP contribution in [0.1, 0.15) is 18.1 Å². The summed E-state index contributed by atoms with van der Waals surface area (Å²) < 4.78 is 5.84. The van der Waals surface area contributed by atoms with E-state index in [9.17, 15) is 0 Å². The van der Waals surface area contributed by atoms with Crippen molar-refractivity contribution < 1.29 is 4.74 Å². The van der Waals surface area contributed by atoms with Gasteiger partial charge in [0.2, 0.25) is 0 Å². The molecule has 100 valence electrons. The van der Waals surface area contributed by atoms with Gasteiger partial charge in [-0.15, -0.1) is 0 Å². The normalized spacial score (nSPS) is 10.4. The number of halogens is 1. The second-order valence-corrected chi connectivity index (χ2v) is 4.62. The van der Waals surface area contributed by atoms with Crippen LogP contribution in [-0.2, 0) is 13.2 Å². The average molecular weight is 277 g/mol. The van der Waals surface area contributed by atoms with E-state index < -0.39 is 0 Å². The van der Waals surface area contributed by atoms with Gasteiger partial charge < -0.3 is 10.1 Å². The van der Waals surface area contributed by atoms with Gasteiger partial charge in [-0.05, 0) is 30.8 Å². The van der Waals surface area contributed by atoms with Crippen LogP contribution in [0, 0.1) is 0 Å². The fourth-order valence-corrected chi connectivity index (χ4v) is 1.93. The van der Waals surface area contributed by atoms with Gasteiger partial charge in [-0.1, -0.05) is 24.6 Å². The van der Waals surface area contributed by atoms with Crippen molar-refractivity contribution in [2.45, 2.75) is 20.1 Å². The first-order valence-corrected chi connectivity index (χ1v) is 6.68. The highest BCUT2D eigenvalue weighted by molar-refractivity contribution is 6.30. The molecular weight excluding hydrogens is 260 g/mol. The number of benzene rings is 1. The van der Waals surface area contributed by atoms with Gasteiger partial charge in [-0.3, -0.25) is 4.98 Å². The summed E-state index contributed by atoms with van der Waals surface area (Å²) >= 11 is 6.02. The van der Waals surface area contributed by atoms with Gasteiger partial charge in [0.1, 0.15) is 12.4 Å². The van der Waals surface area contributed by atoms with Crippen LogP contribution >= 0.6 is 11.6 Å². The molecule has 4 heteroatoms. The van der Waals surface area contributed by atoms with Crippen molar-refractivity contribution in [2.75, 3.05) is 6.54 Å². The summed E-state index contributed by atoms with van der Waals surface area (Å²) in [5, 5.41) is 4.00. The molecule has 19 heavy (non-hydrogen) atoms. The number of pyridine rings is 1. The second kappa shape index (κ2) is 7.12. The highest BCUT2D eigenvalue weighted by Gasteiger charge is 2.05. The SMILES string of the molecule is CCNCc1cc(Cl)ccc1OCc1cccnc1. The molecule has 3 nitrogen and oxygen atoms in total. The Hall–Kier alpha value is -1.58. The van der Waals surface area contributed by atoms with Crippen molar-refractivity contribution in [2.24, 2.45) is 0 Å². The fraction of sp³-hybridized carbons (Fsp3) is 0.267. The number of nitrogens with zero attached hydrogens (tertiary/aromatic N) is 1. The molecule has 0 atom stereocenters. The first kappa shape index (κ1) is 13.8. The Bertz CT molecular complexity index is 517. The van der Waals surface area contributed by atoms with Gasteiger partial charge in [0.05, 0.1) is 0 Å². The molecule has 0 fully saturated rings. The zero-order valence-electron chi connectivity index (χ0n) is 10.9. The first-order valence-electron chi connectivity index (χ1n) is 6.30. The fourth-order valence-electron chi connectivity index (χ4n) is 1.73. The second-order valence-electron chi connectivity index (χ2n) is 4.18. The lowest BCUT2D eigenvalue weighted by Gasteiger charge is -2.12. The van der Waals surface area contributed by atoms with Crippen LogP contribution in [-0.4, -0.2) is 11.5 Å². The number of hydrogen-bond donors (Lipinski definition) is 1. The molecule has 0 radical (unpaired) electrons. The van der Waals surface area contributed by atoms with E-state index in [4.69, 9.17) is 16.3 Å². The Labute approximate surface area is 118 Å². The molecule has 0 saturated heterocycles. The minimum Gasteiger partial charge on any atom is -0.489 e. The lowest BCUT2D eigenvalue weighted by atomic mass is 10.2. The van der Waals surface area contributed by atoms with Crippen molar-refractivity contribution >= 4 is 11.6 Å². The van der Waals surface area contributed by atoms with E-state index in [2.05, 4.69) is 17.2 Å². The van der Waals surface area contributed by atoms with Crippen LogP contribution in [0.3, 0.4) is 0 Å². The van der Waals surface area contributed by atoms with E-state index in [-0.39, 0.29) is 0 Å². The topological polar surface area (TPSA) is 34.1 Å². The van der Waals surface area contributed by atoms with Crippen LogP contribution in [0.25, 0.3) is 0 Å². The van der Waals surface area contributed by atoms with E-state index in [1.807, 2.05) is 30.3 Å². The molecule has 0 aliphatic heterocycles. The van der Waals surface area contributed by atoms with Gasteiger partial charge >= 0.3 is 0 Å². The lowest BCUT2D eigenvalue weighted by Crippen LogP contribution is -2.13. The maximum Gasteiger partial charge on any atom is 0.124 e. The summed E-state index contributed by atoms with van der Waals surface area (Å²) in [5.41, 5.74) is 2.12. The number of nitrogens with one attached hydrogen (secondary N) is 1. The zero-order chi connectivity index (χ0) is 13.5. The molecule has 0 aliphatic carbocycles. The minimum absolute atomic E-state index is 0.509. The average Bonchev–Trinajstić information content (AvgIpc) is 2.45. The van der Waals surface area contributed by atoms with Crippen molar-refractivity contribution in [1.82, 2.24) is 10.3 Å². The van der Waals surface area contributed by atoms with E-state index in [1.165, 1.54) is 0 Å². The number of aromatic nitrogens is 1. The molecule has 0 aliphatic rings. The molecule has 0 spiro atoms. The van der Waals surface area contributed by atoms with Crippen molar-refractivity contribution in [3.05, 3.63) is 58.9 Å². The summed E-state index contributed by atoms with van der Waals surface area (Å²) in [6, 6.07) is 9.58. The Morgan fingerprint density at radius 3 is 2.95 bits per heavy atom. The Balaban J connectivity index is 2.06. The Morgan fingerprint density at radius 1 is 1.32 bits per heavy atom. The molecule has 0 unspecified atom stereocenters. The summed E-state index contributed by atoms with van der Waals surface area (Å²) in [5.74, 6) is 0.856. The molecule has 1 heterocycles. The molecule has 1 aromatic carbocycles. The molecular formula is C15H17ClN2O. The Morgan fingerprint density at radius 2 is 2.21 bits per heavy atom. The van der Waals surface area contributed by atoms with E-state index in [0.29, 0.717) is 6.61 Å². The largest absolute Gasteiger partial charge is 0.489 e. The van der Waals surface area contributed by atoms with Crippen LogP contribution in [0.5, 0.6) is 5.75 Å². The summed E-state index contributed by atoms with van der Waals surface area (Å²) in [4.78, 5) is 4.07. The van der Waals surface area contributed by atoms with E-state index >= 15 is 0 Å². The van der Waals surface area contributed by atoms with Crippen molar-refractivity contribution in [1.29, 1.82) is 0 Å². The van der Waals surface area contributed by atoms with Gasteiger partial charge in [0, 0.05) is 35.1 Å². The first-order chi connectivity index (χ1) is 9.29. The lowest BCUT2D eigenvalue weighted by molar-refractivity contribution is 0.302. The molecule has 2 rings (SSSR count). The smallest absolute Gasteiger partial charge is 0.124 e. The molecule has 0 saturated carbocycles. The number of hydrogen-bond acceptors (Lipinski definition) is 3. The van der Waals surface area contributed by atoms with Gasteiger partial charge in [0.25, 0.3) is 0 Å². The minimum atomic E-state index is 0.509. The number of ether oxygens (including phenoxy) is 1. The quantitative estimate of drug-likeness (QED) is 0.878. The van der Waals surface area contributed by atoms with Crippen LogP contribution < -0.4 is 10.1 Å². The van der Waals surface area contributed by atoms with Crippen molar-refractivity contribution in [3.63, 3.8) is 0 Å². The van der Waals surface area contributed by atoms with Gasteiger partial charge in [-0.25, -0.2) is 0 Å². The third-order valence-corrected chi connectivity index (χ3v) is 2.94. The van der Waals surface area contributed by atoms with Gasteiger partial charge in [-0.2, -0.15) is 0 Å². The zero-order valence-corrected chi connectivity index (χ0v) is 11.7. The third kappa shape index (κ3) is 4.23. The molecule has 0 bridgehead atoms. The predicted octanol–water partition coefficient (Wildman–Crippen LogP) is 3.42. The summed E-state index contributed by atoms with van der Waals surface area (Å²) in [7, 11) is 0. The van der Waals surface area contributed by atoms with E-state index in [0.717, 1.165) is 35.0 Å². The molecule has 0 amide bonds. The van der Waals surface area contributed by atoms with E-state index in [1.54, 1.807) is 12.4 Å². The standard InChI is InChI=1S/C15H17ClN2O/c1-2-17-10-13-8-14(16)5-6-15(13)19-11-12-4-3-7-18-9-12/h3-9,17H,2,10-11H2,1H3. The van der Waals surface area contributed by atoms with Crippen LogP contribution in [0.4, 0.5) is 0 Å². The van der Waals surface area contributed by atoms with Crippen LogP contribution in [0.2, 0.25) is 5.02 Å². The maximum atomic E-state index is 6.02. The molecule has 1 aromatic heterocycles. The highest BCUT2D eigenvalue weighted by Crippen LogP contribution is 2.23. The highest BCUT2D eigenvalue weighted by atomic mass is 35.5.